The molecule has 0 aliphatic carbocycles. The Labute approximate surface area is 94.7 Å². The van der Waals surface area contributed by atoms with Crippen LogP contribution in [0.2, 0.25) is 0 Å². The molecule has 0 unspecified atom stereocenters. The molecule has 0 heterocycles. The molecule has 0 fully saturated rings. The summed E-state index contributed by atoms with van der Waals surface area (Å²) in [7, 11) is 0. The van der Waals surface area contributed by atoms with E-state index in [1.54, 1.807) is 0 Å². The Morgan fingerprint density at radius 2 is 0.800 bits per heavy atom. The van der Waals surface area contributed by atoms with Crippen LogP contribution in [0.1, 0.15) is 0 Å². The van der Waals surface area contributed by atoms with Gasteiger partial charge in [-0.05, 0) is 0 Å². The van der Waals surface area contributed by atoms with Crippen molar-refractivity contribution in [2.24, 2.45) is 0 Å². The first-order valence-electron chi connectivity index (χ1n) is 0. The van der Waals surface area contributed by atoms with E-state index >= 15 is 0 Å². The second-order valence-corrected chi connectivity index (χ2v) is 0. The van der Waals surface area contributed by atoms with E-state index in [1.165, 1.54) is 0 Å². The molecular weight excluding hydrogens is 163 g/mol. The second kappa shape index (κ2) is 28.7. The minimum atomic E-state index is 0. The van der Waals surface area contributed by atoms with Crippen LogP contribution >= 0.6 is 12.4 Å². The summed E-state index contributed by atoms with van der Waals surface area (Å²) in [5.74, 6) is 0. The maximum Gasteiger partial charge on any atom is 0 e. The van der Waals surface area contributed by atoms with Crippen molar-refractivity contribution in [1.82, 2.24) is 0 Å². The molecule has 0 atom stereocenters. The predicted molar refractivity (Wildman–Crippen MR) is 25.2 cm³/mol. The van der Waals surface area contributed by atoms with Crippen LogP contribution in [0.25, 0.3) is 0 Å². The van der Waals surface area contributed by atoms with Gasteiger partial charge in [-0.1, -0.05) is 0 Å². The molecule has 0 aromatic carbocycles. The van der Waals surface area contributed by atoms with Gasteiger partial charge in [0.1, 0.15) is 0 Å². The van der Waals surface area contributed by atoms with E-state index < -0.39 is 0 Å². The third-order valence-electron chi connectivity index (χ3n) is 0. The molecule has 0 bridgehead atoms. The first-order chi connectivity index (χ1) is 0. The number of hydrogen-bond acceptors (Lipinski definition) is 0. The topological polar surface area (TPSA) is 31.5 Å². The van der Waals surface area contributed by atoms with E-state index in [9.17, 15) is 0 Å². The van der Waals surface area contributed by atoms with Crippen molar-refractivity contribution in [2.75, 3.05) is 0 Å². The van der Waals surface area contributed by atoms with Gasteiger partial charge in [0, 0.05) is 19.5 Å². The monoisotopic (exact) mass is 166 g/mol. The van der Waals surface area contributed by atoms with Gasteiger partial charge in [0.25, 0.3) is 0 Å². The summed E-state index contributed by atoms with van der Waals surface area (Å²) in [5, 5.41) is 0. The van der Waals surface area contributed by atoms with Crippen LogP contribution in [0.3, 0.4) is 0 Å². The Morgan fingerprint density at radius 1 is 0.800 bits per heavy atom. The van der Waals surface area contributed by atoms with Crippen molar-refractivity contribution in [3.05, 3.63) is 0 Å². The van der Waals surface area contributed by atoms with Crippen molar-refractivity contribution >= 4 is 71.5 Å². The van der Waals surface area contributed by atoms with Crippen LogP contribution in [-0.4, -0.2) is 64.6 Å². The summed E-state index contributed by atoms with van der Waals surface area (Å²) in [6.45, 7) is 0. The summed E-state index contributed by atoms with van der Waals surface area (Å²) in [6, 6.07) is 0. The molecule has 0 aromatic heterocycles. The molecule has 0 amide bonds. The van der Waals surface area contributed by atoms with E-state index in [0.29, 0.717) is 0 Å². The minimum absolute atomic E-state index is 0. The average Bonchev–Trinajstić information content (AvgIpc) is 0. The molecule has 0 saturated carbocycles. The summed E-state index contributed by atoms with van der Waals surface area (Å²) in [6.07, 6.45) is 0. The zero-order valence-electron chi connectivity index (χ0n) is 1.62. The fourth-order valence-corrected chi connectivity index (χ4v) is 0. The van der Waals surface area contributed by atoms with E-state index in [4.69, 9.17) is 0 Å². The maximum atomic E-state index is 0. The molecule has 0 aromatic rings. The van der Waals surface area contributed by atoms with Gasteiger partial charge in [-0.25, -0.2) is 0 Å². The Morgan fingerprint density at radius 3 is 0.800 bits per heavy atom. The first kappa shape index (κ1) is 45.1. The van der Waals surface area contributed by atoms with Gasteiger partial charge in [-0.2, -0.15) is 0 Å². The predicted octanol–water partition coefficient (Wildman–Crippen LogP) is -1.70. The quantitative estimate of drug-likeness (QED) is 0.386. The molecule has 0 saturated heterocycles. The normalized spacial score (nSPS) is 0. The van der Waals surface area contributed by atoms with Crippen molar-refractivity contribution in [2.45, 2.75) is 0 Å². The molecule has 5 heavy (non-hydrogen) atoms. The number of halogens is 1. The van der Waals surface area contributed by atoms with Gasteiger partial charge >= 0.3 is 59.1 Å². The molecule has 0 spiro atoms. The number of rotatable bonds is 0. The summed E-state index contributed by atoms with van der Waals surface area (Å²) in [5.41, 5.74) is 0. The Kier molecular flexibility index (Phi) is 259. The summed E-state index contributed by atoms with van der Waals surface area (Å²) >= 11 is 0. The van der Waals surface area contributed by atoms with E-state index in [0.717, 1.165) is 0 Å². The summed E-state index contributed by atoms with van der Waals surface area (Å²) in [4.78, 5) is 0. The molecule has 2 N–H and O–H groups in total. The molecule has 0 aliphatic rings. The summed E-state index contributed by atoms with van der Waals surface area (Å²) < 4.78 is 0. The third kappa shape index (κ3) is 19.8. The molecule has 5 heteroatoms. The van der Waals surface area contributed by atoms with Gasteiger partial charge in [0.05, 0.1) is 0 Å². The van der Waals surface area contributed by atoms with E-state index in [2.05, 4.69) is 0 Å². The molecular formula is H5ClNa2OZn. The zero-order chi connectivity index (χ0) is 0. The van der Waals surface area contributed by atoms with E-state index in [1.807, 2.05) is 0 Å². The number of hydrogen-bond donors (Lipinski definition) is 0. The molecule has 0 rings (SSSR count). The fourth-order valence-electron chi connectivity index (χ4n) is 0. The van der Waals surface area contributed by atoms with Gasteiger partial charge in [-0.15, -0.1) is 12.4 Å². The second-order valence-electron chi connectivity index (χ2n) is 0. The average molecular weight is 168 g/mol. The largest absolute Gasteiger partial charge is 0 e. The van der Waals surface area contributed by atoms with Crippen LogP contribution in [0.5, 0.6) is 0 Å². The van der Waals surface area contributed by atoms with Crippen molar-refractivity contribution in [3.63, 3.8) is 0 Å². The first-order valence-corrected chi connectivity index (χ1v) is 0. The van der Waals surface area contributed by atoms with Gasteiger partial charge in [-0.3, -0.25) is 0 Å². The Hall–Kier alpha value is 2.87. The minimum Gasteiger partial charge on any atom is 0 e. The SMILES string of the molecule is Cl.O.[NaH].[NaH].[Zn]. The van der Waals surface area contributed by atoms with Crippen LogP contribution in [-0.2, 0) is 19.5 Å². The molecule has 0 radical (unpaired) electrons. The van der Waals surface area contributed by atoms with Gasteiger partial charge in [0.2, 0.25) is 0 Å². The van der Waals surface area contributed by atoms with E-state index in [-0.39, 0.29) is 96.5 Å². The molecule has 1 nitrogen and oxygen atoms in total. The van der Waals surface area contributed by atoms with Crippen molar-refractivity contribution in [3.8, 4) is 0 Å². The van der Waals surface area contributed by atoms with Gasteiger partial charge in [0.15, 0.2) is 0 Å². The molecule has 22 valence electrons. The van der Waals surface area contributed by atoms with Crippen LogP contribution in [0, 0.1) is 0 Å². The standard InChI is InChI=1S/ClH.2Na.H2O.Zn.2H/h1H;;;1H2;;;. The van der Waals surface area contributed by atoms with Crippen molar-refractivity contribution in [1.29, 1.82) is 0 Å². The Balaban J connectivity index is 0. The third-order valence-corrected chi connectivity index (χ3v) is 0. The Bertz CT molecular complexity index is 9.61. The van der Waals surface area contributed by atoms with Gasteiger partial charge < -0.3 is 5.48 Å². The fraction of sp³-hybridized carbons (Fsp3) is 0. The van der Waals surface area contributed by atoms with Crippen LogP contribution < -0.4 is 0 Å². The van der Waals surface area contributed by atoms with Crippen LogP contribution in [0.4, 0.5) is 0 Å². The van der Waals surface area contributed by atoms with Crippen LogP contribution in [0.15, 0.2) is 0 Å². The maximum absolute atomic E-state index is 0. The van der Waals surface area contributed by atoms with Crippen molar-refractivity contribution < 1.29 is 25.0 Å². The smallest absolute Gasteiger partial charge is 0 e. The molecule has 0 aliphatic heterocycles. The zero-order valence-corrected chi connectivity index (χ0v) is 5.40.